The molecule has 6 nitrogen and oxygen atoms in total. The summed E-state index contributed by atoms with van der Waals surface area (Å²) in [5.41, 5.74) is 0.510. The highest BCUT2D eigenvalue weighted by Crippen LogP contribution is 2.26. The second-order valence-corrected chi connectivity index (χ2v) is 6.43. The molecule has 1 saturated carbocycles. The quantitative estimate of drug-likeness (QED) is 0.834. The molecule has 0 spiro atoms. The van der Waals surface area contributed by atoms with Gasteiger partial charge in [-0.3, -0.25) is 9.59 Å². The average molecular weight is 333 g/mol. The Balaban J connectivity index is 1.52. The van der Waals surface area contributed by atoms with Crippen molar-refractivity contribution < 1.29 is 24.2 Å². The number of carbonyl (C=O) groups excluding carboxylic acids is 1. The lowest BCUT2D eigenvalue weighted by Gasteiger charge is -2.17. The number of nitrogens with one attached hydrogen (secondary N) is 1. The van der Waals surface area contributed by atoms with Crippen LogP contribution in [-0.2, 0) is 9.53 Å². The largest absolute Gasteiger partial charge is 0.491 e. The Hall–Kier alpha value is -2.08. The zero-order valence-electron chi connectivity index (χ0n) is 13.6. The summed E-state index contributed by atoms with van der Waals surface area (Å²) in [6, 6.07) is 6.63. The molecule has 3 atom stereocenters. The van der Waals surface area contributed by atoms with Gasteiger partial charge in [0.2, 0.25) is 0 Å². The molecule has 1 aromatic carbocycles. The molecule has 1 amide bonds. The SMILES string of the molecule is O=C(N[C@H]1CCC[C@H]1C(=O)O)c1ccc(OCC2CCCO2)cc1. The number of hydrogen-bond donors (Lipinski definition) is 2. The first-order chi connectivity index (χ1) is 11.6. The molecule has 1 saturated heterocycles. The van der Waals surface area contributed by atoms with Crippen molar-refractivity contribution in [2.24, 2.45) is 5.92 Å². The lowest BCUT2D eigenvalue weighted by atomic mass is 10.0. The summed E-state index contributed by atoms with van der Waals surface area (Å²) in [7, 11) is 0. The normalized spacial score (nSPS) is 26.2. The van der Waals surface area contributed by atoms with Crippen LogP contribution in [0.2, 0.25) is 0 Å². The predicted octanol–water partition coefficient (Wildman–Crippen LogP) is 2.23. The summed E-state index contributed by atoms with van der Waals surface area (Å²) >= 11 is 0. The summed E-state index contributed by atoms with van der Waals surface area (Å²) in [6.45, 7) is 1.32. The number of aliphatic carboxylic acids is 1. The molecule has 0 bridgehead atoms. The summed E-state index contributed by atoms with van der Waals surface area (Å²) in [5.74, 6) is -0.858. The first kappa shape index (κ1) is 16.8. The molecule has 2 fully saturated rings. The summed E-state index contributed by atoms with van der Waals surface area (Å²) in [5, 5.41) is 12.0. The van der Waals surface area contributed by atoms with Gasteiger partial charge in [-0.25, -0.2) is 0 Å². The van der Waals surface area contributed by atoms with Crippen molar-refractivity contribution in [3.63, 3.8) is 0 Å². The van der Waals surface area contributed by atoms with Gasteiger partial charge in [-0.1, -0.05) is 6.42 Å². The molecule has 24 heavy (non-hydrogen) atoms. The Bertz CT molecular complexity index is 580. The van der Waals surface area contributed by atoms with Crippen LogP contribution in [0.15, 0.2) is 24.3 Å². The molecule has 1 heterocycles. The lowest BCUT2D eigenvalue weighted by molar-refractivity contribution is -0.142. The summed E-state index contributed by atoms with van der Waals surface area (Å²) in [6.07, 6.45) is 4.42. The van der Waals surface area contributed by atoms with E-state index >= 15 is 0 Å². The third-order valence-electron chi connectivity index (χ3n) is 4.73. The minimum atomic E-state index is -0.837. The third kappa shape index (κ3) is 4.06. The predicted molar refractivity (Wildman–Crippen MR) is 87.1 cm³/mol. The molecule has 130 valence electrons. The Labute approximate surface area is 141 Å². The van der Waals surface area contributed by atoms with E-state index in [1.54, 1.807) is 24.3 Å². The van der Waals surface area contributed by atoms with Crippen LogP contribution in [0.3, 0.4) is 0 Å². The maximum absolute atomic E-state index is 12.3. The first-order valence-electron chi connectivity index (χ1n) is 8.51. The minimum Gasteiger partial charge on any atom is -0.491 e. The molecule has 3 rings (SSSR count). The highest BCUT2D eigenvalue weighted by atomic mass is 16.5. The molecule has 0 radical (unpaired) electrons. The molecular formula is C18H23NO5. The van der Waals surface area contributed by atoms with E-state index in [0.29, 0.717) is 30.8 Å². The number of rotatable bonds is 6. The van der Waals surface area contributed by atoms with Crippen LogP contribution in [0.1, 0.15) is 42.5 Å². The molecule has 1 aromatic rings. The standard InChI is InChI=1S/C18H23NO5/c20-17(19-16-5-1-4-15(16)18(21)22)12-6-8-13(9-7-12)24-11-14-3-2-10-23-14/h6-9,14-16H,1-5,10-11H2,(H,19,20)(H,21,22)/t14?,15-,16+/m1/s1. The van der Waals surface area contributed by atoms with Crippen molar-refractivity contribution in [2.45, 2.75) is 44.2 Å². The molecule has 0 aromatic heterocycles. The zero-order valence-corrected chi connectivity index (χ0v) is 13.6. The van der Waals surface area contributed by atoms with E-state index in [0.717, 1.165) is 25.9 Å². The van der Waals surface area contributed by atoms with Gasteiger partial charge < -0.3 is 19.9 Å². The fourth-order valence-corrected chi connectivity index (χ4v) is 3.35. The average Bonchev–Trinajstić information content (AvgIpc) is 3.25. The van der Waals surface area contributed by atoms with E-state index in [4.69, 9.17) is 9.47 Å². The van der Waals surface area contributed by atoms with Crippen molar-refractivity contribution in [1.29, 1.82) is 0 Å². The fraction of sp³-hybridized carbons (Fsp3) is 0.556. The maximum atomic E-state index is 12.3. The summed E-state index contributed by atoms with van der Waals surface area (Å²) in [4.78, 5) is 23.5. The molecule has 2 aliphatic rings. The number of amides is 1. The lowest BCUT2D eigenvalue weighted by Crippen LogP contribution is -2.40. The van der Waals surface area contributed by atoms with Crippen LogP contribution >= 0.6 is 0 Å². The van der Waals surface area contributed by atoms with Gasteiger partial charge in [0, 0.05) is 18.2 Å². The second kappa shape index (κ2) is 7.66. The second-order valence-electron chi connectivity index (χ2n) is 6.43. The van der Waals surface area contributed by atoms with Gasteiger partial charge in [0.15, 0.2) is 0 Å². The Morgan fingerprint density at radius 3 is 2.62 bits per heavy atom. The molecule has 2 N–H and O–H groups in total. The van der Waals surface area contributed by atoms with Crippen LogP contribution < -0.4 is 10.1 Å². The van der Waals surface area contributed by atoms with Gasteiger partial charge >= 0.3 is 5.97 Å². The number of hydrogen-bond acceptors (Lipinski definition) is 4. The minimum absolute atomic E-state index is 0.156. The number of ether oxygens (including phenoxy) is 2. The van der Waals surface area contributed by atoms with E-state index in [1.807, 2.05) is 0 Å². The van der Waals surface area contributed by atoms with Crippen LogP contribution in [-0.4, -0.2) is 42.3 Å². The number of carboxylic acid groups (broad SMARTS) is 1. The number of carbonyl (C=O) groups is 2. The van der Waals surface area contributed by atoms with Gasteiger partial charge in [-0.15, -0.1) is 0 Å². The van der Waals surface area contributed by atoms with Gasteiger partial charge in [0.25, 0.3) is 5.91 Å². The van der Waals surface area contributed by atoms with Gasteiger partial charge in [-0.2, -0.15) is 0 Å². The molecular weight excluding hydrogens is 310 g/mol. The Morgan fingerprint density at radius 2 is 1.96 bits per heavy atom. The third-order valence-corrected chi connectivity index (χ3v) is 4.73. The van der Waals surface area contributed by atoms with Crippen LogP contribution in [0.5, 0.6) is 5.75 Å². The van der Waals surface area contributed by atoms with Crippen LogP contribution in [0, 0.1) is 5.92 Å². The molecule has 1 aliphatic carbocycles. The summed E-state index contributed by atoms with van der Waals surface area (Å²) < 4.78 is 11.2. The van der Waals surface area contributed by atoms with Crippen molar-refractivity contribution >= 4 is 11.9 Å². The van der Waals surface area contributed by atoms with Gasteiger partial charge in [0.1, 0.15) is 12.4 Å². The number of benzene rings is 1. The fourth-order valence-electron chi connectivity index (χ4n) is 3.35. The van der Waals surface area contributed by atoms with E-state index in [2.05, 4.69) is 5.32 Å². The van der Waals surface area contributed by atoms with E-state index < -0.39 is 11.9 Å². The smallest absolute Gasteiger partial charge is 0.308 e. The van der Waals surface area contributed by atoms with Crippen LogP contribution in [0.25, 0.3) is 0 Å². The zero-order chi connectivity index (χ0) is 16.9. The van der Waals surface area contributed by atoms with Crippen molar-refractivity contribution in [2.75, 3.05) is 13.2 Å². The maximum Gasteiger partial charge on any atom is 0.308 e. The molecule has 6 heteroatoms. The number of carboxylic acids is 1. The van der Waals surface area contributed by atoms with Crippen molar-refractivity contribution in [3.05, 3.63) is 29.8 Å². The monoisotopic (exact) mass is 333 g/mol. The highest BCUT2D eigenvalue weighted by Gasteiger charge is 2.33. The van der Waals surface area contributed by atoms with Gasteiger partial charge in [0.05, 0.1) is 12.0 Å². The van der Waals surface area contributed by atoms with Crippen molar-refractivity contribution in [3.8, 4) is 5.75 Å². The molecule has 1 unspecified atom stereocenters. The first-order valence-corrected chi connectivity index (χ1v) is 8.51. The van der Waals surface area contributed by atoms with E-state index in [-0.39, 0.29) is 18.1 Å². The van der Waals surface area contributed by atoms with E-state index in [9.17, 15) is 14.7 Å². The Morgan fingerprint density at radius 1 is 1.17 bits per heavy atom. The highest BCUT2D eigenvalue weighted by molar-refractivity contribution is 5.94. The van der Waals surface area contributed by atoms with E-state index in [1.165, 1.54) is 0 Å². The van der Waals surface area contributed by atoms with Crippen molar-refractivity contribution in [1.82, 2.24) is 5.32 Å². The molecule has 1 aliphatic heterocycles. The van der Waals surface area contributed by atoms with Gasteiger partial charge in [-0.05, 0) is 49.9 Å². The Kier molecular flexibility index (Phi) is 5.35. The topological polar surface area (TPSA) is 84.9 Å². The van der Waals surface area contributed by atoms with Crippen LogP contribution in [0.4, 0.5) is 0 Å².